The van der Waals surface area contributed by atoms with Crippen molar-refractivity contribution in [3.8, 4) is 5.95 Å². The van der Waals surface area contributed by atoms with Crippen LogP contribution in [0.1, 0.15) is 41.1 Å². The Hall–Kier alpha value is -2.38. The molecule has 1 unspecified atom stereocenters. The molecule has 1 atom stereocenters. The van der Waals surface area contributed by atoms with E-state index in [0.29, 0.717) is 18.5 Å². The summed E-state index contributed by atoms with van der Waals surface area (Å²) in [6.45, 7) is 3.69. The molecule has 2 aromatic rings. The van der Waals surface area contributed by atoms with Crippen LogP contribution < -0.4 is 5.32 Å². The zero-order valence-electron chi connectivity index (χ0n) is 12.9. The summed E-state index contributed by atoms with van der Waals surface area (Å²) in [5, 5.41) is 7.26. The topological polar surface area (TPSA) is 72.7 Å². The van der Waals surface area contributed by atoms with E-state index in [4.69, 9.17) is 0 Å². The molecule has 23 heavy (non-hydrogen) atoms. The highest BCUT2D eigenvalue weighted by Crippen LogP contribution is 2.36. The highest BCUT2D eigenvalue weighted by atomic mass is 19.3. The number of hydrogen-bond acceptors (Lipinski definition) is 5. The lowest BCUT2D eigenvalue weighted by molar-refractivity contribution is 0.00851. The molecule has 1 N–H and O–H groups in total. The van der Waals surface area contributed by atoms with Crippen LogP contribution in [-0.4, -0.2) is 38.0 Å². The van der Waals surface area contributed by atoms with E-state index in [9.17, 15) is 13.6 Å². The number of aryl methyl sites for hydroxylation is 2. The lowest BCUT2D eigenvalue weighted by Crippen LogP contribution is -2.20. The van der Waals surface area contributed by atoms with Crippen molar-refractivity contribution < 1.29 is 13.6 Å². The maximum atomic E-state index is 13.3. The fourth-order valence-corrected chi connectivity index (χ4v) is 2.80. The van der Waals surface area contributed by atoms with E-state index in [1.807, 2.05) is 19.9 Å². The highest BCUT2D eigenvalue weighted by molar-refractivity contribution is 5.73. The van der Waals surface area contributed by atoms with Gasteiger partial charge in [0.25, 0.3) is 5.95 Å². The molecular formula is C15H17F2N5O. The van der Waals surface area contributed by atoms with E-state index in [2.05, 4.69) is 20.4 Å². The van der Waals surface area contributed by atoms with Crippen LogP contribution in [0.25, 0.3) is 5.95 Å². The molecule has 0 spiro atoms. The number of aldehydes is 1. The quantitative estimate of drug-likeness (QED) is 0.877. The summed E-state index contributed by atoms with van der Waals surface area (Å²) in [7, 11) is 0. The van der Waals surface area contributed by atoms with Gasteiger partial charge in [-0.1, -0.05) is 0 Å². The molecule has 2 heterocycles. The summed E-state index contributed by atoms with van der Waals surface area (Å²) in [5.74, 6) is -2.05. The summed E-state index contributed by atoms with van der Waals surface area (Å²) < 4.78 is 28.1. The largest absolute Gasteiger partial charge is 0.367 e. The second-order valence-corrected chi connectivity index (χ2v) is 5.87. The van der Waals surface area contributed by atoms with Gasteiger partial charge in [-0.05, 0) is 26.3 Å². The van der Waals surface area contributed by atoms with Crippen molar-refractivity contribution >= 4 is 12.1 Å². The summed E-state index contributed by atoms with van der Waals surface area (Å²) in [4.78, 5) is 19.5. The van der Waals surface area contributed by atoms with E-state index < -0.39 is 5.92 Å². The van der Waals surface area contributed by atoms with Crippen LogP contribution in [0.5, 0.6) is 0 Å². The highest BCUT2D eigenvalue weighted by Gasteiger charge is 2.39. The summed E-state index contributed by atoms with van der Waals surface area (Å²) in [6.07, 6.45) is 0.594. The Bertz CT molecular complexity index is 743. The van der Waals surface area contributed by atoms with Gasteiger partial charge in [-0.2, -0.15) is 10.1 Å². The number of rotatable bonds is 4. The lowest BCUT2D eigenvalue weighted by atomic mass is 10.2. The van der Waals surface area contributed by atoms with Crippen LogP contribution in [-0.2, 0) is 0 Å². The van der Waals surface area contributed by atoms with Crippen LogP contribution in [0, 0.1) is 13.8 Å². The Kier molecular flexibility index (Phi) is 3.83. The minimum Gasteiger partial charge on any atom is -0.367 e. The molecule has 2 aromatic heterocycles. The van der Waals surface area contributed by atoms with Gasteiger partial charge in [0.05, 0.1) is 5.69 Å². The van der Waals surface area contributed by atoms with Gasteiger partial charge in [0.2, 0.25) is 5.92 Å². The van der Waals surface area contributed by atoms with Gasteiger partial charge in [-0.3, -0.25) is 4.79 Å². The molecule has 1 saturated carbocycles. The monoisotopic (exact) mass is 321 g/mol. The third-order valence-corrected chi connectivity index (χ3v) is 3.81. The fraction of sp³-hybridized carbons (Fsp3) is 0.467. The number of hydrogen-bond donors (Lipinski definition) is 1. The van der Waals surface area contributed by atoms with Gasteiger partial charge in [-0.25, -0.2) is 18.4 Å². The van der Waals surface area contributed by atoms with Crippen LogP contribution in [0.15, 0.2) is 12.1 Å². The number of nitrogens with zero attached hydrogens (tertiary/aromatic N) is 4. The molecular weight excluding hydrogens is 304 g/mol. The summed E-state index contributed by atoms with van der Waals surface area (Å²) in [6, 6.07) is 2.95. The van der Waals surface area contributed by atoms with Gasteiger partial charge >= 0.3 is 0 Å². The fourth-order valence-electron chi connectivity index (χ4n) is 2.80. The molecule has 1 fully saturated rings. The van der Waals surface area contributed by atoms with Crippen molar-refractivity contribution in [2.24, 2.45) is 0 Å². The van der Waals surface area contributed by atoms with Gasteiger partial charge < -0.3 is 5.32 Å². The van der Waals surface area contributed by atoms with Crippen LogP contribution in [0.4, 0.5) is 14.6 Å². The maximum absolute atomic E-state index is 13.3. The molecule has 6 nitrogen and oxygen atoms in total. The summed E-state index contributed by atoms with van der Waals surface area (Å²) >= 11 is 0. The Morgan fingerprint density at radius 3 is 2.70 bits per heavy atom. The Labute approximate surface area is 131 Å². The molecule has 122 valence electrons. The van der Waals surface area contributed by atoms with Crippen LogP contribution in [0.3, 0.4) is 0 Å². The minimum atomic E-state index is -2.64. The van der Waals surface area contributed by atoms with Crippen molar-refractivity contribution in [3.63, 3.8) is 0 Å². The third kappa shape index (κ3) is 3.35. The molecule has 3 rings (SSSR count). The number of aromatic nitrogens is 4. The van der Waals surface area contributed by atoms with E-state index in [1.54, 1.807) is 0 Å². The molecule has 0 aromatic carbocycles. The first-order chi connectivity index (χ1) is 10.9. The number of anilines is 1. The third-order valence-electron chi connectivity index (χ3n) is 3.81. The Morgan fingerprint density at radius 2 is 2.13 bits per heavy atom. The molecule has 0 radical (unpaired) electrons. The molecule has 0 bridgehead atoms. The van der Waals surface area contributed by atoms with E-state index in [0.717, 1.165) is 11.4 Å². The minimum absolute atomic E-state index is 0.138. The van der Waals surface area contributed by atoms with Crippen LogP contribution in [0.2, 0.25) is 0 Å². The van der Waals surface area contributed by atoms with Gasteiger partial charge in [0, 0.05) is 30.6 Å². The summed E-state index contributed by atoms with van der Waals surface area (Å²) in [5.41, 5.74) is 1.80. The Balaban J connectivity index is 1.91. The van der Waals surface area contributed by atoms with Gasteiger partial charge in [-0.15, -0.1) is 0 Å². The lowest BCUT2D eigenvalue weighted by Gasteiger charge is -2.14. The average molecular weight is 321 g/mol. The number of carbonyl (C=O) groups is 1. The first-order valence-electron chi connectivity index (χ1n) is 7.38. The smallest absolute Gasteiger partial charge is 0.253 e. The zero-order valence-corrected chi connectivity index (χ0v) is 12.9. The predicted molar refractivity (Wildman–Crippen MR) is 80.2 cm³/mol. The molecule has 1 aliphatic rings. The van der Waals surface area contributed by atoms with Gasteiger partial charge in [0.15, 0.2) is 6.29 Å². The van der Waals surface area contributed by atoms with Crippen molar-refractivity contribution in [3.05, 3.63) is 29.2 Å². The number of carbonyl (C=O) groups excluding carboxylic acids is 1. The molecule has 8 heteroatoms. The van der Waals surface area contributed by atoms with Crippen molar-refractivity contribution in [1.29, 1.82) is 0 Å². The SMILES string of the molecule is Cc1cc(C)n(-c2nc(C=O)cc(NC3CCC(F)(F)C3)n2)n1. The van der Waals surface area contributed by atoms with Crippen LogP contribution >= 0.6 is 0 Å². The van der Waals surface area contributed by atoms with E-state index >= 15 is 0 Å². The maximum Gasteiger partial charge on any atom is 0.253 e. The standard InChI is InChI=1S/C15H17F2N5O/c1-9-5-10(2)22(21-9)14-19-12(8-23)6-13(20-14)18-11-3-4-15(16,17)7-11/h5-6,8,11H,3-4,7H2,1-2H3,(H,18,19,20). The number of nitrogens with one attached hydrogen (secondary N) is 1. The normalized spacial score (nSPS) is 19.7. The Morgan fingerprint density at radius 1 is 1.35 bits per heavy atom. The van der Waals surface area contributed by atoms with Crippen molar-refractivity contribution in [2.45, 2.75) is 45.1 Å². The second kappa shape index (κ2) is 5.68. The van der Waals surface area contributed by atoms with E-state index in [-0.39, 0.29) is 30.5 Å². The van der Waals surface area contributed by atoms with E-state index in [1.165, 1.54) is 10.7 Å². The molecule has 0 amide bonds. The van der Waals surface area contributed by atoms with Crippen molar-refractivity contribution in [1.82, 2.24) is 19.7 Å². The number of alkyl halides is 2. The zero-order chi connectivity index (χ0) is 16.6. The molecule has 0 saturated heterocycles. The average Bonchev–Trinajstić information content (AvgIpc) is 3.00. The predicted octanol–water partition coefficient (Wildman–Crippen LogP) is 2.69. The molecule has 0 aliphatic heterocycles. The molecule has 1 aliphatic carbocycles. The number of halogens is 2. The second-order valence-electron chi connectivity index (χ2n) is 5.87. The first-order valence-corrected chi connectivity index (χ1v) is 7.38. The first kappa shape index (κ1) is 15.5. The van der Waals surface area contributed by atoms with Gasteiger partial charge in [0.1, 0.15) is 11.5 Å². The van der Waals surface area contributed by atoms with Crippen molar-refractivity contribution in [2.75, 3.05) is 5.32 Å².